The molecule has 1 aromatic heterocycles. The van der Waals surface area contributed by atoms with Crippen LogP contribution in [0.5, 0.6) is 0 Å². The Labute approximate surface area is 116 Å². The molecule has 0 bridgehead atoms. The van der Waals surface area contributed by atoms with E-state index in [2.05, 4.69) is 5.32 Å². The summed E-state index contributed by atoms with van der Waals surface area (Å²) in [5.41, 5.74) is 0.833. The van der Waals surface area contributed by atoms with Gasteiger partial charge in [0, 0.05) is 24.9 Å². The highest BCUT2D eigenvalue weighted by Crippen LogP contribution is 2.23. The molecule has 1 N–H and O–H groups in total. The minimum Gasteiger partial charge on any atom is -0.464 e. The number of rotatable bonds is 6. The standard InChI is InChI=1S/C14H16N2O4/c1-10-3-8-14(20-10)13(9-19-2)15-11-4-6-12(7-5-11)16(17)18/h3-8,13,15H,9H2,1-2H3/t13-/m1/s1. The number of hydrogen-bond acceptors (Lipinski definition) is 5. The van der Waals surface area contributed by atoms with Gasteiger partial charge in [-0.1, -0.05) is 0 Å². The molecule has 0 spiro atoms. The van der Waals surface area contributed by atoms with Crippen LogP contribution in [0.4, 0.5) is 11.4 Å². The van der Waals surface area contributed by atoms with Crippen molar-refractivity contribution in [3.63, 3.8) is 0 Å². The SMILES string of the molecule is COC[C@@H](Nc1ccc([N+](=O)[O-])cc1)c1ccc(C)o1. The first-order valence-electron chi connectivity index (χ1n) is 6.16. The fourth-order valence-corrected chi connectivity index (χ4v) is 1.88. The summed E-state index contributed by atoms with van der Waals surface area (Å²) in [5, 5.41) is 13.8. The minimum atomic E-state index is -0.424. The van der Waals surface area contributed by atoms with Gasteiger partial charge in [0.15, 0.2) is 0 Å². The van der Waals surface area contributed by atoms with Gasteiger partial charge >= 0.3 is 0 Å². The number of aryl methyl sites for hydroxylation is 1. The summed E-state index contributed by atoms with van der Waals surface area (Å²) in [6.45, 7) is 2.31. The second-order valence-corrected chi connectivity index (χ2v) is 4.40. The molecular weight excluding hydrogens is 260 g/mol. The van der Waals surface area contributed by atoms with Gasteiger partial charge in [-0.2, -0.15) is 0 Å². The van der Waals surface area contributed by atoms with Gasteiger partial charge in [-0.25, -0.2) is 0 Å². The van der Waals surface area contributed by atoms with Crippen LogP contribution in [0.15, 0.2) is 40.8 Å². The van der Waals surface area contributed by atoms with Gasteiger partial charge in [0.05, 0.1) is 11.5 Å². The fourth-order valence-electron chi connectivity index (χ4n) is 1.88. The predicted octanol–water partition coefficient (Wildman–Crippen LogP) is 3.30. The van der Waals surface area contributed by atoms with Gasteiger partial charge in [-0.3, -0.25) is 10.1 Å². The average Bonchev–Trinajstić information content (AvgIpc) is 2.85. The molecule has 1 heterocycles. The number of methoxy groups -OCH3 is 1. The summed E-state index contributed by atoms with van der Waals surface area (Å²) in [5.74, 6) is 1.59. The summed E-state index contributed by atoms with van der Waals surface area (Å²) in [6, 6.07) is 9.87. The van der Waals surface area contributed by atoms with Crippen LogP contribution < -0.4 is 5.32 Å². The Hall–Kier alpha value is -2.34. The third kappa shape index (κ3) is 3.36. The fraction of sp³-hybridized carbons (Fsp3) is 0.286. The van der Waals surface area contributed by atoms with Crippen LogP contribution in [0, 0.1) is 17.0 Å². The Balaban J connectivity index is 2.13. The van der Waals surface area contributed by atoms with Crippen LogP contribution in [0.1, 0.15) is 17.6 Å². The molecule has 6 heteroatoms. The molecule has 1 atom stereocenters. The molecule has 0 saturated heterocycles. The number of nitro benzene ring substituents is 1. The third-order valence-electron chi connectivity index (χ3n) is 2.86. The van der Waals surface area contributed by atoms with Crippen molar-refractivity contribution in [3.8, 4) is 0 Å². The molecule has 2 aromatic rings. The Morgan fingerprint density at radius 2 is 2.00 bits per heavy atom. The van der Waals surface area contributed by atoms with Crippen molar-refractivity contribution >= 4 is 11.4 Å². The third-order valence-corrected chi connectivity index (χ3v) is 2.86. The predicted molar refractivity (Wildman–Crippen MR) is 74.8 cm³/mol. The number of benzene rings is 1. The highest BCUT2D eigenvalue weighted by Gasteiger charge is 2.15. The maximum Gasteiger partial charge on any atom is 0.269 e. The molecule has 0 aliphatic rings. The van der Waals surface area contributed by atoms with E-state index in [0.29, 0.717) is 6.61 Å². The van der Waals surface area contributed by atoms with E-state index >= 15 is 0 Å². The topological polar surface area (TPSA) is 77.5 Å². The first kappa shape index (κ1) is 14.1. The van der Waals surface area contributed by atoms with Crippen molar-refractivity contribution in [3.05, 3.63) is 58.0 Å². The van der Waals surface area contributed by atoms with E-state index in [0.717, 1.165) is 17.2 Å². The summed E-state index contributed by atoms with van der Waals surface area (Å²) < 4.78 is 10.8. The zero-order valence-electron chi connectivity index (χ0n) is 11.3. The lowest BCUT2D eigenvalue weighted by Crippen LogP contribution is -2.15. The summed E-state index contributed by atoms with van der Waals surface area (Å²) >= 11 is 0. The molecule has 106 valence electrons. The van der Waals surface area contributed by atoms with Crippen LogP contribution >= 0.6 is 0 Å². The normalized spacial score (nSPS) is 12.1. The lowest BCUT2D eigenvalue weighted by atomic mass is 10.2. The highest BCUT2D eigenvalue weighted by atomic mass is 16.6. The maximum atomic E-state index is 10.6. The smallest absolute Gasteiger partial charge is 0.269 e. The minimum absolute atomic E-state index is 0.0627. The number of nitro groups is 1. The second kappa shape index (κ2) is 6.21. The van der Waals surface area contributed by atoms with Gasteiger partial charge in [0.25, 0.3) is 5.69 Å². The van der Waals surface area contributed by atoms with Gasteiger partial charge < -0.3 is 14.5 Å². The van der Waals surface area contributed by atoms with Crippen molar-refractivity contribution in [2.24, 2.45) is 0 Å². The Bertz CT molecular complexity index is 577. The summed E-state index contributed by atoms with van der Waals surface area (Å²) in [6.07, 6.45) is 0. The molecule has 1 aromatic carbocycles. The number of nitrogens with one attached hydrogen (secondary N) is 1. The number of ether oxygens (including phenoxy) is 1. The molecule has 20 heavy (non-hydrogen) atoms. The Kier molecular flexibility index (Phi) is 4.37. The van der Waals surface area contributed by atoms with Gasteiger partial charge in [0.2, 0.25) is 0 Å². The quantitative estimate of drug-likeness (QED) is 0.647. The highest BCUT2D eigenvalue weighted by molar-refractivity contribution is 5.49. The van der Waals surface area contributed by atoms with Crippen LogP contribution in [0.2, 0.25) is 0 Å². The van der Waals surface area contributed by atoms with E-state index in [1.54, 1.807) is 19.2 Å². The Morgan fingerprint density at radius 3 is 2.50 bits per heavy atom. The number of non-ortho nitro benzene ring substituents is 1. The number of furan rings is 1. The molecule has 0 unspecified atom stereocenters. The molecule has 0 radical (unpaired) electrons. The van der Waals surface area contributed by atoms with E-state index in [4.69, 9.17) is 9.15 Å². The number of anilines is 1. The van der Waals surface area contributed by atoms with E-state index in [9.17, 15) is 10.1 Å². The first-order chi connectivity index (χ1) is 9.60. The monoisotopic (exact) mass is 276 g/mol. The molecule has 0 amide bonds. The van der Waals surface area contributed by atoms with Crippen LogP contribution in [0.3, 0.4) is 0 Å². The molecular formula is C14H16N2O4. The Morgan fingerprint density at radius 1 is 1.30 bits per heavy atom. The lowest BCUT2D eigenvalue weighted by molar-refractivity contribution is -0.384. The number of nitrogens with zero attached hydrogens (tertiary/aromatic N) is 1. The average molecular weight is 276 g/mol. The van der Waals surface area contributed by atoms with E-state index in [1.807, 2.05) is 19.1 Å². The van der Waals surface area contributed by atoms with Gasteiger partial charge in [-0.05, 0) is 31.2 Å². The van der Waals surface area contributed by atoms with Crippen LogP contribution in [0.25, 0.3) is 0 Å². The maximum absolute atomic E-state index is 10.6. The second-order valence-electron chi connectivity index (χ2n) is 4.40. The molecule has 0 aliphatic carbocycles. The van der Waals surface area contributed by atoms with E-state index in [1.165, 1.54) is 12.1 Å². The largest absolute Gasteiger partial charge is 0.464 e. The van der Waals surface area contributed by atoms with Crippen LogP contribution in [-0.4, -0.2) is 18.6 Å². The zero-order chi connectivity index (χ0) is 14.5. The van der Waals surface area contributed by atoms with Crippen LogP contribution in [-0.2, 0) is 4.74 Å². The lowest BCUT2D eigenvalue weighted by Gasteiger charge is -2.17. The van der Waals surface area contributed by atoms with Gasteiger partial charge in [0.1, 0.15) is 17.6 Å². The van der Waals surface area contributed by atoms with E-state index < -0.39 is 4.92 Å². The zero-order valence-corrected chi connectivity index (χ0v) is 11.3. The van der Waals surface area contributed by atoms with E-state index in [-0.39, 0.29) is 11.7 Å². The van der Waals surface area contributed by atoms with Crippen molar-refractivity contribution < 1.29 is 14.1 Å². The molecule has 0 fully saturated rings. The summed E-state index contributed by atoms with van der Waals surface area (Å²) in [7, 11) is 1.61. The van der Waals surface area contributed by atoms with Gasteiger partial charge in [-0.15, -0.1) is 0 Å². The van der Waals surface area contributed by atoms with Crippen molar-refractivity contribution in [1.29, 1.82) is 0 Å². The van der Waals surface area contributed by atoms with Crippen molar-refractivity contribution in [1.82, 2.24) is 0 Å². The molecule has 2 rings (SSSR count). The molecule has 0 aliphatic heterocycles. The summed E-state index contributed by atoms with van der Waals surface area (Å²) in [4.78, 5) is 10.2. The van der Waals surface area contributed by atoms with Crippen molar-refractivity contribution in [2.45, 2.75) is 13.0 Å². The van der Waals surface area contributed by atoms with Crippen molar-refractivity contribution in [2.75, 3.05) is 19.0 Å². The first-order valence-corrected chi connectivity index (χ1v) is 6.16. The molecule has 0 saturated carbocycles. The molecule has 6 nitrogen and oxygen atoms in total. The number of hydrogen-bond donors (Lipinski definition) is 1.